The zero-order valence-electron chi connectivity index (χ0n) is 8.02. The van der Waals surface area contributed by atoms with E-state index in [1.54, 1.807) is 7.11 Å². The lowest BCUT2D eigenvalue weighted by Gasteiger charge is -2.13. The molecule has 0 aliphatic carbocycles. The van der Waals surface area contributed by atoms with Crippen molar-refractivity contribution in [3.8, 4) is 0 Å². The molecule has 0 bridgehead atoms. The SMILES string of the molecule is COCc1cc2n(n1)CCNC2.Cl.Cl. The lowest BCUT2D eigenvalue weighted by atomic mass is 10.3. The van der Waals surface area contributed by atoms with Gasteiger partial charge in [0.1, 0.15) is 0 Å². The third-order valence-corrected chi connectivity index (χ3v) is 2.01. The summed E-state index contributed by atoms with van der Waals surface area (Å²) in [6.07, 6.45) is 0. The van der Waals surface area contributed by atoms with Crippen LogP contribution in [0.15, 0.2) is 6.07 Å². The molecule has 0 radical (unpaired) electrons. The first-order valence-corrected chi connectivity index (χ1v) is 4.15. The molecule has 0 unspecified atom stereocenters. The first-order chi connectivity index (χ1) is 5.90. The van der Waals surface area contributed by atoms with Crippen molar-refractivity contribution < 1.29 is 4.74 Å². The van der Waals surface area contributed by atoms with Gasteiger partial charge in [-0.2, -0.15) is 5.10 Å². The standard InChI is InChI=1S/C8H13N3O.2ClH/c1-12-6-7-4-8-5-9-2-3-11(8)10-7;;/h4,9H,2-3,5-6H2,1H3;2*1H. The molecule has 0 amide bonds. The number of hydrogen-bond acceptors (Lipinski definition) is 3. The molecular weight excluding hydrogens is 225 g/mol. The maximum atomic E-state index is 5.01. The van der Waals surface area contributed by atoms with Crippen LogP contribution in [0.25, 0.3) is 0 Å². The quantitative estimate of drug-likeness (QED) is 0.837. The Kier molecular flexibility index (Phi) is 6.11. The molecule has 0 saturated carbocycles. The van der Waals surface area contributed by atoms with E-state index in [0.29, 0.717) is 6.61 Å². The fourth-order valence-corrected chi connectivity index (χ4v) is 1.47. The van der Waals surface area contributed by atoms with Gasteiger partial charge in [-0.1, -0.05) is 0 Å². The van der Waals surface area contributed by atoms with Crippen LogP contribution in [0.1, 0.15) is 11.4 Å². The molecule has 0 aromatic carbocycles. The molecule has 0 fully saturated rings. The van der Waals surface area contributed by atoms with Crippen LogP contribution in [0, 0.1) is 0 Å². The second kappa shape index (κ2) is 6.24. The summed E-state index contributed by atoms with van der Waals surface area (Å²) in [4.78, 5) is 0. The van der Waals surface area contributed by atoms with E-state index in [4.69, 9.17) is 4.74 Å². The molecule has 0 spiro atoms. The van der Waals surface area contributed by atoms with E-state index in [0.717, 1.165) is 25.3 Å². The Morgan fingerprint density at radius 1 is 1.57 bits per heavy atom. The van der Waals surface area contributed by atoms with Crippen molar-refractivity contribution in [3.05, 3.63) is 17.5 Å². The summed E-state index contributed by atoms with van der Waals surface area (Å²) in [5, 5.41) is 7.69. The summed E-state index contributed by atoms with van der Waals surface area (Å²) in [5.74, 6) is 0. The van der Waals surface area contributed by atoms with Gasteiger partial charge >= 0.3 is 0 Å². The largest absolute Gasteiger partial charge is 0.378 e. The Hall–Kier alpha value is -0.290. The van der Waals surface area contributed by atoms with E-state index in [1.165, 1.54) is 5.69 Å². The van der Waals surface area contributed by atoms with Crippen LogP contribution in [-0.4, -0.2) is 23.4 Å². The van der Waals surface area contributed by atoms with E-state index in [-0.39, 0.29) is 24.8 Å². The Morgan fingerprint density at radius 2 is 2.36 bits per heavy atom. The number of nitrogens with zero attached hydrogens (tertiary/aromatic N) is 2. The van der Waals surface area contributed by atoms with E-state index in [2.05, 4.69) is 16.5 Å². The highest BCUT2D eigenvalue weighted by molar-refractivity contribution is 5.85. The molecule has 14 heavy (non-hydrogen) atoms. The highest BCUT2D eigenvalue weighted by Gasteiger charge is 2.10. The number of hydrogen-bond donors (Lipinski definition) is 1. The smallest absolute Gasteiger partial charge is 0.0902 e. The number of halogens is 2. The summed E-state index contributed by atoms with van der Waals surface area (Å²) >= 11 is 0. The van der Waals surface area contributed by atoms with E-state index in [9.17, 15) is 0 Å². The normalized spacial score (nSPS) is 13.8. The highest BCUT2D eigenvalue weighted by Crippen LogP contribution is 2.07. The second-order valence-electron chi connectivity index (χ2n) is 2.96. The van der Waals surface area contributed by atoms with Crippen molar-refractivity contribution in [3.63, 3.8) is 0 Å². The molecule has 2 heterocycles. The van der Waals surface area contributed by atoms with Gasteiger partial charge in [-0.15, -0.1) is 24.8 Å². The fourth-order valence-electron chi connectivity index (χ4n) is 1.47. The van der Waals surface area contributed by atoms with Crippen LogP contribution < -0.4 is 5.32 Å². The molecule has 0 saturated heterocycles. The maximum Gasteiger partial charge on any atom is 0.0902 e. The first kappa shape index (κ1) is 13.7. The van der Waals surface area contributed by atoms with Gasteiger partial charge in [-0.05, 0) is 6.07 Å². The zero-order chi connectivity index (χ0) is 8.39. The molecule has 6 heteroatoms. The van der Waals surface area contributed by atoms with Crippen molar-refractivity contribution >= 4 is 24.8 Å². The maximum absolute atomic E-state index is 5.01. The van der Waals surface area contributed by atoms with Gasteiger partial charge in [-0.3, -0.25) is 4.68 Å². The number of fused-ring (bicyclic) bond motifs is 1. The molecule has 2 rings (SSSR count). The molecule has 82 valence electrons. The Balaban J connectivity index is 0.000000845. The second-order valence-corrected chi connectivity index (χ2v) is 2.96. The minimum Gasteiger partial charge on any atom is -0.378 e. The monoisotopic (exact) mass is 239 g/mol. The van der Waals surface area contributed by atoms with Crippen molar-refractivity contribution in [2.75, 3.05) is 13.7 Å². The summed E-state index contributed by atoms with van der Waals surface area (Å²) < 4.78 is 7.06. The summed E-state index contributed by atoms with van der Waals surface area (Å²) in [7, 11) is 1.69. The third-order valence-electron chi connectivity index (χ3n) is 2.01. The number of ether oxygens (including phenoxy) is 1. The van der Waals surface area contributed by atoms with Crippen LogP contribution in [0.4, 0.5) is 0 Å². The molecule has 1 aromatic heterocycles. The molecule has 4 nitrogen and oxygen atoms in total. The van der Waals surface area contributed by atoms with Crippen molar-refractivity contribution in [2.45, 2.75) is 19.7 Å². The molecular formula is C8H15Cl2N3O. The van der Waals surface area contributed by atoms with Crippen molar-refractivity contribution in [1.29, 1.82) is 0 Å². The van der Waals surface area contributed by atoms with E-state index >= 15 is 0 Å². The van der Waals surface area contributed by atoms with Gasteiger partial charge < -0.3 is 10.1 Å². The lowest BCUT2D eigenvalue weighted by molar-refractivity contribution is 0.180. The molecule has 1 aliphatic rings. The van der Waals surface area contributed by atoms with Gasteiger partial charge in [0.15, 0.2) is 0 Å². The van der Waals surface area contributed by atoms with Gasteiger partial charge in [0.2, 0.25) is 0 Å². The molecule has 1 aromatic rings. The topological polar surface area (TPSA) is 39.1 Å². The summed E-state index contributed by atoms with van der Waals surface area (Å²) in [5.41, 5.74) is 2.28. The number of aromatic nitrogens is 2. The molecule has 1 aliphatic heterocycles. The van der Waals surface area contributed by atoms with Gasteiger partial charge in [0.05, 0.1) is 24.5 Å². The fraction of sp³-hybridized carbons (Fsp3) is 0.625. The minimum atomic E-state index is 0. The predicted octanol–water partition coefficient (Wildman–Crippen LogP) is 0.976. The number of methoxy groups -OCH3 is 1. The lowest BCUT2D eigenvalue weighted by Crippen LogP contribution is -2.28. The highest BCUT2D eigenvalue weighted by atomic mass is 35.5. The molecule has 1 N–H and O–H groups in total. The van der Waals surface area contributed by atoms with Crippen LogP contribution >= 0.6 is 24.8 Å². The van der Waals surface area contributed by atoms with E-state index in [1.807, 2.05) is 4.68 Å². The Morgan fingerprint density at radius 3 is 3.00 bits per heavy atom. The van der Waals surface area contributed by atoms with Gasteiger partial charge in [0, 0.05) is 20.2 Å². The molecule has 0 atom stereocenters. The summed E-state index contributed by atoms with van der Waals surface area (Å²) in [6.45, 7) is 3.52. The minimum absolute atomic E-state index is 0. The van der Waals surface area contributed by atoms with Crippen molar-refractivity contribution in [1.82, 2.24) is 15.1 Å². The number of rotatable bonds is 2. The predicted molar refractivity (Wildman–Crippen MR) is 59.1 cm³/mol. The van der Waals surface area contributed by atoms with Crippen LogP contribution in [0.3, 0.4) is 0 Å². The van der Waals surface area contributed by atoms with E-state index < -0.39 is 0 Å². The Labute approximate surface area is 95.8 Å². The average Bonchev–Trinajstić information content (AvgIpc) is 2.47. The average molecular weight is 240 g/mol. The van der Waals surface area contributed by atoms with Crippen LogP contribution in [0.5, 0.6) is 0 Å². The van der Waals surface area contributed by atoms with Gasteiger partial charge in [0.25, 0.3) is 0 Å². The van der Waals surface area contributed by atoms with Crippen LogP contribution in [0.2, 0.25) is 0 Å². The van der Waals surface area contributed by atoms with Gasteiger partial charge in [-0.25, -0.2) is 0 Å². The zero-order valence-corrected chi connectivity index (χ0v) is 9.66. The first-order valence-electron chi connectivity index (χ1n) is 4.15. The van der Waals surface area contributed by atoms with Crippen LogP contribution in [-0.2, 0) is 24.4 Å². The summed E-state index contributed by atoms with van der Waals surface area (Å²) in [6, 6.07) is 2.09. The van der Waals surface area contributed by atoms with Crippen molar-refractivity contribution in [2.24, 2.45) is 0 Å². The number of nitrogens with one attached hydrogen (secondary N) is 1. The third kappa shape index (κ3) is 2.85. The Bertz CT molecular complexity index is 254.